The molecule has 1 saturated heterocycles. The molecule has 0 saturated carbocycles. The SMILES string of the molecule is C[C@@H](c1nc(Cc2ccccc2)no1)N1CCN(C(=O)c2cc(F)cc(F)c2)CC1. The lowest BCUT2D eigenvalue weighted by Gasteiger charge is -2.36. The average molecular weight is 412 g/mol. The third-order valence-corrected chi connectivity index (χ3v) is 5.30. The van der Waals surface area contributed by atoms with Crippen molar-refractivity contribution >= 4 is 5.91 Å². The summed E-state index contributed by atoms with van der Waals surface area (Å²) in [5, 5.41) is 4.08. The number of nitrogens with zero attached hydrogens (tertiary/aromatic N) is 4. The summed E-state index contributed by atoms with van der Waals surface area (Å²) in [6.07, 6.45) is 0.601. The highest BCUT2D eigenvalue weighted by Gasteiger charge is 2.28. The van der Waals surface area contributed by atoms with Crippen LogP contribution in [0, 0.1) is 11.6 Å². The highest BCUT2D eigenvalue weighted by Crippen LogP contribution is 2.22. The molecule has 0 aliphatic carbocycles. The van der Waals surface area contributed by atoms with Gasteiger partial charge in [-0.05, 0) is 24.6 Å². The first-order valence-corrected chi connectivity index (χ1v) is 9.85. The second kappa shape index (κ2) is 8.71. The van der Waals surface area contributed by atoms with Crippen LogP contribution in [0.2, 0.25) is 0 Å². The predicted molar refractivity (Wildman–Crippen MR) is 106 cm³/mol. The van der Waals surface area contributed by atoms with Gasteiger partial charge in [0.25, 0.3) is 5.91 Å². The van der Waals surface area contributed by atoms with E-state index in [1.807, 2.05) is 37.3 Å². The van der Waals surface area contributed by atoms with Crippen molar-refractivity contribution in [1.82, 2.24) is 19.9 Å². The van der Waals surface area contributed by atoms with Crippen molar-refractivity contribution < 1.29 is 18.1 Å². The first-order valence-electron chi connectivity index (χ1n) is 9.85. The molecule has 1 aliphatic heterocycles. The van der Waals surface area contributed by atoms with E-state index in [1.54, 1.807) is 4.90 Å². The van der Waals surface area contributed by atoms with Crippen LogP contribution in [0.15, 0.2) is 53.1 Å². The number of aromatic nitrogens is 2. The molecule has 1 aromatic heterocycles. The summed E-state index contributed by atoms with van der Waals surface area (Å²) >= 11 is 0. The molecule has 0 N–H and O–H groups in total. The van der Waals surface area contributed by atoms with Crippen LogP contribution in [0.1, 0.15) is 40.6 Å². The molecule has 0 spiro atoms. The maximum absolute atomic E-state index is 13.4. The van der Waals surface area contributed by atoms with Crippen molar-refractivity contribution in [3.63, 3.8) is 0 Å². The second-order valence-corrected chi connectivity index (χ2v) is 7.37. The predicted octanol–water partition coefficient (Wildman–Crippen LogP) is 3.46. The number of benzene rings is 2. The van der Waals surface area contributed by atoms with Crippen molar-refractivity contribution in [3.05, 3.63) is 83.0 Å². The molecule has 0 radical (unpaired) electrons. The molecule has 1 fully saturated rings. The minimum atomic E-state index is -0.756. The van der Waals surface area contributed by atoms with Crippen molar-refractivity contribution in [3.8, 4) is 0 Å². The number of carbonyl (C=O) groups is 1. The molecule has 1 atom stereocenters. The fraction of sp³-hybridized carbons (Fsp3) is 0.318. The molecule has 0 bridgehead atoms. The zero-order valence-corrected chi connectivity index (χ0v) is 16.6. The molecule has 8 heteroatoms. The summed E-state index contributed by atoms with van der Waals surface area (Å²) in [4.78, 5) is 20.8. The van der Waals surface area contributed by atoms with Gasteiger partial charge in [0.15, 0.2) is 5.82 Å². The van der Waals surface area contributed by atoms with E-state index in [1.165, 1.54) is 0 Å². The van der Waals surface area contributed by atoms with Gasteiger partial charge >= 0.3 is 0 Å². The number of hydrogen-bond acceptors (Lipinski definition) is 5. The summed E-state index contributed by atoms with van der Waals surface area (Å²) in [5.41, 5.74) is 1.13. The Balaban J connectivity index is 1.35. The van der Waals surface area contributed by atoms with Crippen molar-refractivity contribution in [1.29, 1.82) is 0 Å². The largest absolute Gasteiger partial charge is 0.338 e. The van der Waals surface area contributed by atoms with Gasteiger partial charge < -0.3 is 9.42 Å². The Labute approximate surface area is 173 Å². The van der Waals surface area contributed by atoms with E-state index >= 15 is 0 Å². The molecule has 6 nitrogen and oxygen atoms in total. The Morgan fingerprint density at radius 2 is 1.73 bits per heavy atom. The fourth-order valence-corrected chi connectivity index (χ4v) is 3.62. The maximum atomic E-state index is 13.4. The van der Waals surface area contributed by atoms with Crippen LogP contribution in [-0.4, -0.2) is 52.0 Å². The highest BCUT2D eigenvalue weighted by atomic mass is 19.1. The zero-order chi connectivity index (χ0) is 21.1. The minimum Gasteiger partial charge on any atom is -0.338 e. The number of hydrogen-bond donors (Lipinski definition) is 0. The summed E-state index contributed by atoms with van der Waals surface area (Å²) in [6.45, 7) is 4.08. The van der Waals surface area contributed by atoms with E-state index in [2.05, 4.69) is 15.0 Å². The quantitative estimate of drug-likeness (QED) is 0.642. The van der Waals surface area contributed by atoms with Gasteiger partial charge in [0.1, 0.15) is 11.6 Å². The summed E-state index contributed by atoms with van der Waals surface area (Å²) in [5.74, 6) is -0.719. The molecule has 3 aromatic rings. The summed E-state index contributed by atoms with van der Waals surface area (Å²) < 4.78 is 32.3. The zero-order valence-electron chi connectivity index (χ0n) is 16.6. The van der Waals surface area contributed by atoms with Crippen LogP contribution in [0.3, 0.4) is 0 Å². The van der Waals surface area contributed by atoms with Crippen LogP contribution in [0.5, 0.6) is 0 Å². The van der Waals surface area contributed by atoms with Crippen LogP contribution in [0.25, 0.3) is 0 Å². The van der Waals surface area contributed by atoms with E-state index in [0.717, 1.165) is 23.8 Å². The molecule has 30 heavy (non-hydrogen) atoms. The summed E-state index contributed by atoms with van der Waals surface area (Å²) in [6, 6.07) is 12.7. The topological polar surface area (TPSA) is 62.5 Å². The molecule has 0 unspecified atom stereocenters. The maximum Gasteiger partial charge on any atom is 0.254 e. The van der Waals surface area contributed by atoms with Crippen LogP contribution in [0.4, 0.5) is 8.78 Å². The summed E-state index contributed by atoms with van der Waals surface area (Å²) in [7, 11) is 0. The Hall–Kier alpha value is -3.13. The van der Waals surface area contributed by atoms with Gasteiger partial charge in [0.05, 0.1) is 6.04 Å². The average Bonchev–Trinajstić information content (AvgIpc) is 3.21. The lowest BCUT2D eigenvalue weighted by molar-refractivity contribution is 0.0550. The third-order valence-electron chi connectivity index (χ3n) is 5.30. The Bertz CT molecular complexity index is 997. The molecule has 4 rings (SSSR count). The van der Waals surface area contributed by atoms with Gasteiger partial charge in [-0.1, -0.05) is 35.5 Å². The molecule has 2 aromatic carbocycles. The molecular weight excluding hydrogens is 390 g/mol. The third kappa shape index (κ3) is 4.54. The number of piperazine rings is 1. The first-order chi connectivity index (χ1) is 14.5. The Morgan fingerprint density at radius 1 is 1.07 bits per heavy atom. The molecule has 156 valence electrons. The normalized spacial score (nSPS) is 15.9. The number of carbonyl (C=O) groups excluding carboxylic acids is 1. The standard InChI is InChI=1S/C22H22F2N4O2/c1-15(21-25-20(26-30-21)11-16-5-3-2-4-6-16)27-7-9-28(10-8-27)22(29)17-12-18(23)14-19(24)13-17/h2-6,12-15H,7-11H2,1H3/t15-/m0/s1. The van der Waals surface area contributed by atoms with E-state index in [9.17, 15) is 13.6 Å². The van der Waals surface area contributed by atoms with Gasteiger partial charge in [-0.3, -0.25) is 9.69 Å². The highest BCUT2D eigenvalue weighted by molar-refractivity contribution is 5.94. The molecular formula is C22H22F2N4O2. The van der Waals surface area contributed by atoms with E-state index in [-0.39, 0.29) is 17.5 Å². The van der Waals surface area contributed by atoms with E-state index in [0.29, 0.717) is 44.3 Å². The van der Waals surface area contributed by atoms with Crippen molar-refractivity contribution in [2.24, 2.45) is 0 Å². The van der Waals surface area contributed by atoms with Gasteiger partial charge in [-0.25, -0.2) is 8.78 Å². The fourth-order valence-electron chi connectivity index (χ4n) is 3.62. The smallest absolute Gasteiger partial charge is 0.254 e. The minimum absolute atomic E-state index is 0.0245. The molecule has 2 heterocycles. The molecule has 1 amide bonds. The number of rotatable bonds is 5. The number of halogens is 2. The monoisotopic (exact) mass is 412 g/mol. The lowest BCUT2D eigenvalue weighted by Crippen LogP contribution is -2.49. The Morgan fingerprint density at radius 3 is 2.40 bits per heavy atom. The van der Waals surface area contributed by atoms with E-state index in [4.69, 9.17) is 4.52 Å². The van der Waals surface area contributed by atoms with Crippen molar-refractivity contribution in [2.45, 2.75) is 19.4 Å². The molecule has 1 aliphatic rings. The Kier molecular flexibility index (Phi) is 5.85. The van der Waals surface area contributed by atoms with Crippen LogP contribution < -0.4 is 0 Å². The lowest BCUT2D eigenvalue weighted by atomic mass is 10.1. The van der Waals surface area contributed by atoms with Crippen molar-refractivity contribution in [2.75, 3.05) is 26.2 Å². The van der Waals surface area contributed by atoms with Gasteiger partial charge in [-0.2, -0.15) is 4.98 Å². The first kappa shape index (κ1) is 20.2. The van der Waals surface area contributed by atoms with Gasteiger partial charge in [0, 0.05) is 44.2 Å². The van der Waals surface area contributed by atoms with E-state index < -0.39 is 11.6 Å². The number of amides is 1. The second-order valence-electron chi connectivity index (χ2n) is 7.37. The van der Waals surface area contributed by atoms with Gasteiger partial charge in [0.2, 0.25) is 5.89 Å². The van der Waals surface area contributed by atoms with Gasteiger partial charge in [-0.15, -0.1) is 0 Å². The van der Waals surface area contributed by atoms with Crippen LogP contribution >= 0.6 is 0 Å². The van der Waals surface area contributed by atoms with Crippen LogP contribution in [-0.2, 0) is 6.42 Å².